The van der Waals surface area contributed by atoms with E-state index in [1.807, 2.05) is 61.5 Å². The molecular weight excluding hydrogens is 404 g/mol. The fourth-order valence-corrected chi connectivity index (χ4v) is 3.88. The lowest BCUT2D eigenvalue weighted by atomic mass is 10.0. The van der Waals surface area contributed by atoms with Crippen molar-refractivity contribution in [3.63, 3.8) is 0 Å². The van der Waals surface area contributed by atoms with E-state index in [0.717, 1.165) is 46.1 Å². The molecule has 0 unspecified atom stereocenters. The van der Waals surface area contributed by atoms with E-state index in [2.05, 4.69) is 21.2 Å². The smallest absolute Gasteiger partial charge is 0.252 e. The highest BCUT2D eigenvalue weighted by molar-refractivity contribution is 9.10. The van der Waals surface area contributed by atoms with Crippen molar-refractivity contribution in [3.05, 3.63) is 64.6 Å². The number of ether oxygens (including phenoxy) is 1. The number of carbonyl (C=O) groups is 1. The van der Waals surface area contributed by atoms with Gasteiger partial charge in [-0.25, -0.2) is 4.98 Å². The molecule has 5 heteroatoms. The van der Waals surface area contributed by atoms with E-state index in [1.165, 1.54) is 0 Å². The number of fused-ring (bicyclic) bond motifs is 1. The third-order valence-electron chi connectivity index (χ3n) is 4.97. The number of nitrogens with one attached hydrogen (secondary N) is 1. The van der Waals surface area contributed by atoms with Crippen LogP contribution >= 0.6 is 15.9 Å². The molecule has 2 heterocycles. The zero-order valence-electron chi connectivity index (χ0n) is 15.1. The Morgan fingerprint density at radius 3 is 2.78 bits per heavy atom. The zero-order chi connectivity index (χ0) is 18.8. The van der Waals surface area contributed by atoms with Crippen LogP contribution in [0.1, 0.15) is 30.1 Å². The lowest BCUT2D eigenvalue weighted by molar-refractivity contribution is 0.0713. The summed E-state index contributed by atoms with van der Waals surface area (Å²) in [6, 6.07) is 17.6. The summed E-state index contributed by atoms with van der Waals surface area (Å²) in [4.78, 5) is 17.9. The number of nitrogens with zero attached hydrogens (tertiary/aromatic N) is 1. The Hall–Kier alpha value is -2.24. The molecule has 4 nitrogen and oxygen atoms in total. The molecule has 3 aromatic rings. The van der Waals surface area contributed by atoms with Crippen molar-refractivity contribution in [3.8, 4) is 11.3 Å². The molecule has 1 saturated heterocycles. The Morgan fingerprint density at radius 1 is 1.22 bits per heavy atom. The van der Waals surface area contributed by atoms with Gasteiger partial charge < -0.3 is 10.1 Å². The first-order valence-electron chi connectivity index (χ1n) is 9.20. The minimum atomic E-state index is -0.0966. The van der Waals surface area contributed by atoms with Crippen LogP contribution in [0.4, 0.5) is 0 Å². The standard InChI is InChI=1S/C22H21BrN2O2/c1-14(21-8-5-11-27-21)24-22(26)18-13-20(15-6-3-2-4-7-15)25-19-10-9-16(23)12-17(18)19/h2-4,6-7,9-10,12-14,21H,5,8,11H2,1H3,(H,24,26)/t14-,21+/m0/s1. The van der Waals surface area contributed by atoms with Crippen LogP contribution < -0.4 is 5.32 Å². The molecule has 0 bridgehead atoms. The van der Waals surface area contributed by atoms with Gasteiger partial charge in [0.25, 0.3) is 5.91 Å². The van der Waals surface area contributed by atoms with Gasteiger partial charge in [0, 0.05) is 22.0 Å². The number of hydrogen-bond acceptors (Lipinski definition) is 3. The minimum absolute atomic E-state index is 0.0319. The molecule has 1 amide bonds. The van der Waals surface area contributed by atoms with E-state index >= 15 is 0 Å². The first-order chi connectivity index (χ1) is 13.1. The van der Waals surface area contributed by atoms with Gasteiger partial charge in [-0.2, -0.15) is 0 Å². The highest BCUT2D eigenvalue weighted by Crippen LogP contribution is 2.27. The Bertz CT molecular complexity index is 969. The van der Waals surface area contributed by atoms with Crippen molar-refractivity contribution in [2.24, 2.45) is 0 Å². The summed E-state index contributed by atoms with van der Waals surface area (Å²) in [6.07, 6.45) is 2.12. The van der Waals surface area contributed by atoms with Crippen molar-refractivity contribution in [2.75, 3.05) is 6.61 Å². The summed E-state index contributed by atoms with van der Waals surface area (Å²) < 4.78 is 6.64. The molecule has 0 spiro atoms. The normalized spacial score (nSPS) is 17.8. The molecule has 1 aromatic heterocycles. The van der Waals surface area contributed by atoms with Gasteiger partial charge in [-0.15, -0.1) is 0 Å². The van der Waals surface area contributed by atoms with E-state index < -0.39 is 0 Å². The minimum Gasteiger partial charge on any atom is -0.376 e. The molecule has 1 aliphatic heterocycles. The summed E-state index contributed by atoms with van der Waals surface area (Å²) in [5.41, 5.74) is 3.21. The summed E-state index contributed by atoms with van der Waals surface area (Å²) in [5.74, 6) is -0.0966. The molecule has 1 fully saturated rings. The Morgan fingerprint density at radius 2 is 2.04 bits per heavy atom. The number of benzene rings is 2. The second-order valence-electron chi connectivity index (χ2n) is 6.90. The second-order valence-corrected chi connectivity index (χ2v) is 7.81. The largest absolute Gasteiger partial charge is 0.376 e. The average Bonchev–Trinajstić information content (AvgIpc) is 3.23. The quantitative estimate of drug-likeness (QED) is 0.643. The Balaban J connectivity index is 1.75. The molecule has 0 aliphatic carbocycles. The molecule has 1 aliphatic rings. The lowest BCUT2D eigenvalue weighted by Gasteiger charge is -2.20. The summed E-state index contributed by atoms with van der Waals surface area (Å²) in [7, 11) is 0. The number of hydrogen-bond donors (Lipinski definition) is 1. The number of aromatic nitrogens is 1. The number of carbonyl (C=O) groups excluding carboxylic acids is 1. The molecule has 2 aromatic carbocycles. The summed E-state index contributed by atoms with van der Waals surface area (Å²) in [5, 5.41) is 3.96. The van der Waals surface area contributed by atoms with Crippen molar-refractivity contribution >= 4 is 32.7 Å². The van der Waals surface area contributed by atoms with Crippen molar-refractivity contribution in [1.82, 2.24) is 10.3 Å². The van der Waals surface area contributed by atoms with Gasteiger partial charge in [-0.1, -0.05) is 46.3 Å². The topological polar surface area (TPSA) is 51.2 Å². The van der Waals surface area contributed by atoms with E-state index in [9.17, 15) is 4.79 Å². The Kier molecular flexibility index (Phi) is 5.23. The maximum atomic E-state index is 13.1. The number of amides is 1. The lowest BCUT2D eigenvalue weighted by Crippen LogP contribution is -2.40. The molecule has 2 atom stereocenters. The van der Waals surface area contributed by atoms with Gasteiger partial charge in [-0.3, -0.25) is 4.79 Å². The average molecular weight is 425 g/mol. The van der Waals surface area contributed by atoms with E-state index in [1.54, 1.807) is 0 Å². The molecule has 0 radical (unpaired) electrons. The molecule has 138 valence electrons. The van der Waals surface area contributed by atoms with Crippen LogP contribution in [-0.2, 0) is 4.74 Å². The summed E-state index contributed by atoms with van der Waals surface area (Å²) >= 11 is 3.50. The Labute approximate surface area is 167 Å². The first kappa shape index (κ1) is 18.1. The molecule has 1 N–H and O–H groups in total. The predicted molar refractivity (Wildman–Crippen MR) is 111 cm³/mol. The van der Waals surface area contributed by atoms with Gasteiger partial charge in [0.1, 0.15) is 0 Å². The zero-order valence-corrected chi connectivity index (χ0v) is 16.7. The fourth-order valence-electron chi connectivity index (χ4n) is 3.52. The van der Waals surface area contributed by atoms with Crippen molar-refractivity contribution < 1.29 is 9.53 Å². The van der Waals surface area contributed by atoms with Crippen LogP contribution in [-0.4, -0.2) is 29.6 Å². The molecule has 0 saturated carbocycles. The van der Waals surface area contributed by atoms with Crippen LogP contribution in [0, 0.1) is 0 Å². The third-order valence-corrected chi connectivity index (χ3v) is 5.46. The highest BCUT2D eigenvalue weighted by atomic mass is 79.9. The van der Waals surface area contributed by atoms with E-state index in [4.69, 9.17) is 9.72 Å². The predicted octanol–water partition coefficient (Wildman–Crippen LogP) is 4.96. The maximum absolute atomic E-state index is 13.1. The van der Waals surface area contributed by atoms with Crippen LogP contribution in [0.5, 0.6) is 0 Å². The number of pyridine rings is 1. The molecular formula is C22H21BrN2O2. The molecule has 4 rings (SSSR count). The van der Waals surface area contributed by atoms with Gasteiger partial charge >= 0.3 is 0 Å². The van der Waals surface area contributed by atoms with Crippen molar-refractivity contribution in [2.45, 2.75) is 31.9 Å². The first-order valence-corrected chi connectivity index (χ1v) is 9.99. The number of halogens is 1. The van der Waals surface area contributed by atoms with E-state index in [0.29, 0.717) is 5.56 Å². The second kappa shape index (κ2) is 7.79. The summed E-state index contributed by atoms with van der Waals surface area (Å²) in [6.45, 7) is 2.78. The SMILES string of the molecule is C[C@H](NC(=O)c1cc(-c2ccccc2)nc2ccc(Br)cc12)[C@H]1CCCO1. The number of rotatable bonds is 4. The van der Waals surface area contributed by atoms with Gasteiger partial charge in [0.15, 0.2) is 0 Å². The highest BCUT2D eigenvalue weighted by Gasteiger charge is 2.25. The fraction of sp³-hybridized carbons (Fsp3) is 0.273. The van der Waals surface area contributed by atoms with E-state index in [-0.39, 0.29) is 18.1 Å². The van der Waals surface area contributed by atoms with Crippen LogP contribution in [0.2, 0.25) is 0 Å². The maximum Gasteiger partial charge on any atom is 0.252 e. The molecule has 27 heavy (non-hydrogen) atoms. The van der Waals surface area contributed by atoms with Crippen LogP contribution in [0.25, 0.3) is 22.2 Å². The van der Waals surface area contributed by atoms with Gasteiger partial charge in [-0.05, 0) is 44.0 Å². The van der Waals surface area contributed by atoms with Crippen LogP contribution in [0.15, 0.2) is 59.1 Å². The van der Waals surface area contributed by atoms with Gasteiger partial charge in [0.05, 0.1) is 28.9 Å². The monoisotopic (exact) mass is 424 g/mol. The van der Waals surface area contributed by atoms with Gasteiger partial charge in [0.2, 0.25) is 0 Å². The van der Waals surface area contributed by atoms with Crippen LogP contribution in [0.3, 0.4) is 0 Å². The third kappa shape index (κ3) is 3.89. The van der Waals surface area contributed by atoms with Crippen molar-refractivity contribution in [1.29, 1.82) is 0 Å².